The van der Waals surface area contributed by atoms with Gasteiger partial charge in [-0.3, -0.25) is 9.67 Å². The van der Waals surface area contributed by atoms with Crippen LogP contribution < -0.4 is 21.1 Å². The van der Waals surface area contributed by atoms with Gasteiger partial charge in [0.2, 0.25) is 5.95 Å². The second kappa shape index (κ2) is 12.1. The summed E-state index contributed by atoms with van der Waals surface area (Å²) in [6.07, 6.45) is 8.10. The number of aliphatic hydroxyl groups excluding tert-OH is 1. The summed E-state index contributed by atoms with van der Waals surface area (Å²) in [6, 6.07) is 2.55. The number of fused-ring (bicyclic) bond motifs is 1. The molecule has 4 heterocycles. The Kier molecular flexibility index (Phi) is 8.67. The van der Waals surface area contributed by atoms with Crippen LogP contribution in [0.3, 0.4) is 0 Å². The first kappa shape index (κ1) is 25.1. The third-order valence-electron chi connectivity index (χ3n) is 6.28. The predicted molar refractivity (Wildman–Crippen MR) is 134 cm³/mol. The van der Waals surface area contributed by atoms with Crippen molar-refractivity contribution in [3.63, 3.8) is 0 Å². The van der Waals surface area contributed by atoms with Gasteiger partial charge in [0.05, 0.1) is 19.9 Å². The lowest BCUT2D eigenvalue weighted by atomic mass is 10.1. The van der Waals surface area contributed by atoms with Crippen molar-refractivity contribution in [3.8, 4) is 5.75 Å². The molecule has 1 fully saturated rings. The van der Waals surface area contributed by atoms with Gasteiger partial charge in [-0.15, -0.1) is 0 Å². The molecule has 190 valence electrons. The maximum absolute atomic E-state index is 9.46. The van der Waals surface area contributed by atoms with E-state index < -0.39 is 0 Å². The van der Waals surface area contributed by atoms with Crippen LogP contribution in [0.15, 0.2) is 18.5 Å². The van der Waals surface area contributed by atoms with Crippen molar-refractivity contribution in [2.75, 3.05) is 38.0 Å². The van der Waals surface area contributed by atoms with E-state index in [1.807, 2.05) is 16.9 Å². The van der Waals surface area contributed by atoms with Crippen LogP contribution in [-0.4, -0.2) is 68.9 Å². The number of nitrogens with zero attached hydrogens (tertiary/aromatic N) is 5. The van der Waals surface area contributed by atoms with Crippen LogP contribution in [0.4, 0.5) is 11.8 Å². The average molecular weight is 485 g/mol. The van der Waals surface area contributed by atoms with E-state index in [4.69, 9.17) is 20.2 Å². The van der Waals surface area contributed by atoms with Crippen molar-refractivity contribution in [3.05, 3.63) is 29.7 Å². The van der Waals surface area contributed by atoms with Gasteiger partial charge in [0, 0.05) is 44.6 Å². The predicted octanol–water partition coefficient (Wildman–Crippen LogP) is 2.09. The highest BCUT2D eigenvalue weighted by Gasteiger charge is 2.18. The minimum Gasteiger partial charge on any atom is -0.495 e. The molecule has 0 aromatic carbocycles. The molecule has 0 aliphatic carbocycles. The van der Waals surface area contributed by atoms with Gasteiger partial charge in [-0.05, 0) is 37.3 Å². The van der Waals surface area contributed by atoms with E-state index in [1.54, 1.807) is 13.3 Å². The van der Waals surface area contributed by atoms with Crippen LogP contribution in [0.1, 0.15) is 50.3 Å². The standard InChI is InChI=1S/C24H36N8O3/c1-3-4-18(5-8-33)29-23-22-19(30-24(25)31-23)14-28-32(22)15-20-21(34-2)11-16(13-27-20)12-26-17-6-9-35-10-7-17/h11,13-14,17-18,26,33H,3-10,12,15H2,1-2H3,(H3,25,29,30,31)/t18-/m0/s1. The van der Waals surface area contributed by atoms with Gasteiger partial charge in [0.25, 0.3) is 0 Å². The number of hydrogen-bond donors (Lipinski definition) is 4. The summed E-state index contributed by atoms with van der Waals surface area (Å²) < 4.78 is 12.9. The molecule has 35 heavy (non-hydrogen) atoms. The zero-order valence-electron chi connectivity index (χ0n) is 20.5. The molecule has 1 aliphatic heterocycles. The zero-order valence-corrected chi connectivity index (χ0v) is 20.5. The minimum absolute atomic E-state index is 0.0704. The first-order chi connectivity index (χ1) is 17.1. The fourth-order valence-corrected chi connectivity index (χ4v) is 4.43. The number of rotatable bonds is 12. The summed E-state index contributed by atoms with van der Waals surface area (Å²) in [4.78, 5) is 13.5. The van der Waals surface area contributed by atoms with Crippen molar-refractivity contribution in [2.24, 2.45) is 0 Å². The lowest BCUT2D eigenvalue weighted by Crippen LogP contribution is -2.34. The fraction of sp³-hybridized carbons (Fsp3) is 0.583. The monoisotopic (exact) mass is 484 g/mol. The lowest BCUT2D eigenvalue weighted by molar-refractivity contribution is 0.0776. The number of anilines is 2. The molecule has 1 atom stereocenters. The molecule has 1 aliphatic rings. The van der Waals surface area contributed by atoms with Crippen molar-refractivity contribution >= 4 is 22.8 Å². The Morgan fingerprint density at radius 2 is 2.09 bits per heavy atom. The molecule has 0 radical (unpaired) electrons. The van der Waals surface area contributed by atoms with E-state index in [2.05, 4.69) is 32.6 Å². The molecule has 0 bridgehead atoms. The highest BCUT2D eigenvalue weighted by atomic mass is 16.5. The SMILES string of the molecule is CCC[C@@H](CCO)Nc1nc(N)nc2cnn(Cc3ncc(CNC4CCOCC4)cc3OC)c12. The van der Waals surface area contributed by atoms with Crippen LogP contribution in [0.5, 0.6) is 5.75 Å². The second-order valence-corrected chi connectivity index (χ2v) is 8.87. The Labute approximate surface area is 205 Å². The Morgan fingerprint density at radius 1 is 1.26 bits per heavy atom. The molecule has 0 unspecified atom stereocenters. The number of nitrogen functional groups attached to an aromatic ring is 1. The first-order valence-corrected chi connectivity index (χ1v) is 12.3. The third-order valence-corrected chi connectivity index (χ3v) is 6.28. The largest absolute Gasteiger partial charge is 0.495 e. The number of pyridine rings is 1. The van der Waals surface area contributed by atoms with E-state index >= 15 is 0 Å². The highest BCUT2D eigenvalue weighted by Crippen LogP contribution is 2.26. The Balaban J connectivity index is 1.55. The topological polar surface area (TPSA) is 145 Å². The van der Waals surface area contributed by atoms with Gasteiger partial charge in [0.15, 0.2) is 5.82 Å². The Bertz CT molecular complexity index is 1090. The molecule has 4 rings (SSSR count). The van der Waals surface area contributed by atoms with E-state index in [1.165, 1.54) is 0 Å². The lowest BCUT2D eigenvalue weighted by Gasteiger charge is -2.23. The molecule has 3 aromatic heterocycles. The molecule has 0 saturated carbocycles. The quantitative estimate of drug-likeness (QED) is 0.301. The molecule has 11 heteroatoms. The number of hydrogen-bond acceptors (Lipinski definition) is 10. The Hall–Kier alpha value is -3.02. The zero-order chi connectivity index (χ0) is 24.6. The summed E-state index contributed by atoms with van der Waals surface area (Å²) in [7, 11) is 1.65. The number of ether oxygens (including phenoxy) is 2. The van der Waals surface area contributed by atoms with Crippen LogP contribution >= 0.6 is 0 Å². The summed E-state index contributed by atoms with van der Waals surface area (Å²) >= 11 is 0. The minimum atomic E-state index is 0.0704. The highest BCUT2D eigenvalue weighted by molar-refractivity contribution is 5.86. The molecule has 11 nitrogen and oxygen atoms in total. The van der Waals surface area contributed by atoms with Gasteiger partial charge < -0.3 is 30.9 Å². The first-order valence-electron chi connectivity index (χ1n) is 12.3. The summed E-state index contributed by atoms with van der Waals surface area (Å²) in [5.41, 5.74) is 9.17. The number of nitrogens with one attached hydrogen (secondary N) is 2. The fourth-order valence-electron chi connectivity index (χ4n) is 4.43. The molecular weight excluding hydrogens is 448 g/mol. The van der Waals surface area contributed by atoms with Crippen LogP contribution in [0.25, 0.3) is 11.0 Å². The number of aliphatic hydroxyl groups is 1. The summed E-state index contributed by atoms with van der Waals surface area (Å²) in [5.74, 6) is 1.49. The van der Waals surface area contributed by atoms with E-state index in [-0.39, 0.29) is 18.6 Å². The van der Waals surface area contributed by atoms with Crippen LogP contribution in [0.2, 0.25) is 0 Å². The molecule has 0 spiro atoms. The Morgan fingerprint density at radius 3 is 2.83 bits per heavy atom. The third kappa shape index (κ3) is 6.36. The van der Waals surface area contributed by atoms with Gasteiger partial charge in [-0.25, -0.2) is 4.98 Å². The summed E-state index contributed by atoms with van der Waals surface area (Å²) in [5, 5.41) is 21.0. The van der Waals surface area contributed by atoms with Gasteiger partial charge in [-0.2, -0.15) is 10.1 Å². The molecule has 1 saturated heterocycles. The maximum Gasteiger partial charge on any atom is 0.222 e. The van der Waals surface area contributed by atoms with Crippen LogP contribution in [0, 0.1) is 0 Å². The maximum atomic E-state index is 9.46. The van der Waals surface area contributed by atoms with E-state index in [0.29, 0.717) is 36.1 Å². The number of methoxy groups -OCH3 is 1. The van der Waals surface area contributed by atoms with Crippen LogP contribution in [-0.2, 0) is 17.8 Å². The molecule has 0 amide bonds. The van der Waals surface area contributed by atoms with Crippen molar-refractivity contribution in [2.45, 2.75) is 64.2 Å². The molecule has 5 N–H and O–H groups in total. The summed E-state index contributed by atoms with van der Waals surface area (Å²) in [6.45, 7) is 4.94. The number of nitrogens with two attached hydrogens (primary N) is 1. The van der Waals surface area contributed by atoms with E-state index in [9.17, 15) is 5.11 Å². The second-order valence-electron chi connectivity index (χ2n) is 8.87. The van der Waals surface area contributed by atoms with Crippen molar-refractivity contribution < 1.29 is 14.6 Å². The molecular formula is C24H36N8O3. The van der Waals surface area contributed by atoms with Gasteiger partial charge >= 0.3 is 0 Å². The number of aromatic nitrogens is 5. The molecule has 3 aromatic rings. The van der Waals surface area contributed by atoms with E-state index in [0.717, 1.165) is 62.2 Å². The average Bonchev–Trinajstić information content (AvgIpc) is 3.26. The van der Waals surface area contributed by atoms with Crippen molar-refractivity contribution in [1.29, 1.82) is 0 Å². The van der Waals surface area contributed by atoms with Gasteiger partial charge in [-0.1, -0.05) is 13.3 Å². The van der Waals surface area contributed by atoms with Gasteiger partial charge in [0.1, 0.15) is 22.5 Å². The smallest absolute Gasteiger partial charge is 0.222 e. The van der Waals surface area contributed by atoms with Crippen molar-refractivity contribution in [1.82, 2.24) is 30.0 Å². The normalized spacial score (nSPS) is 15.4.